The molecule has 1 aromatic rings. The van der Waals surface area contributed by atoms with Gasteiger partial charge < -0.3 is 5.32 Å². The molecule has 1 aliphatic rings. The zero-order valence-electron chi connectivity index (χ0n) is 6.92. The minimum absolute atomic E-state index is 0.558. The first kappa shape index (κ1) is 7.78. The predicted octanol–water partition coefficient (Wildman–Crippen LogP) is 1.65. The van der Waals surface area contributed by atoms with Gasteiger partial charge in [-0.2, -0.15) is 5.26 Å². The Balaban J connectivity index is 2.36. The summed E-state index contributed by atoms with van der Waals surface area (Å²) in [4.78, 5) is 2.23. The number of nitrogens with one attached hydrogen (secondary N) is 1. The summed E-state index contributed by atoms with van der Waals surface area (Å²) in [5.41, 5.74) is 1.31. The molecule has 0 unspecified atom stereocenters. The van der Waals surface area contributed by atoms with E-state index in [1.54, 1.807) is 11.3 Å². The molecule has 0 radical (unpaired) electrons. The third-order valence-corrected chi connectivity index (χ3v) is 3.24. The van der Waals surface area contributed by atoms with Crippen LogP contribution in [0, 0.1) is 11.3 Å². The fourth-order valence-corrected chi connectivity index (χ4v) is 2.59. The van der Waals surface area contributed by atoms with Crippen LogP contribution >= 0.6 is 11.3 Å². The Morgan fingerprint density at radius 2 is 2.58 bits per heavy atom. The highest BCUT2D eigenvalue weighted by Gasteiger charge is 2.16. The Labute approximate surface area is 75.8 Å². The topological polar surface area (TPSA) is 35.8 Å². The summed E-state index contributed by atoms with van der Waals surface area (Å²) in [5, 5.41) is 12.1. The molecule has 0 fully saturated rings. The molecule has 0 bridgehead atoms. The van der Waals surface area contributed by atoms with Gasteiger partial charge in [0.1, 0.15) is 10.9 Å². The summed E-state index contributed by atoms with van der Waals surface area (Å²) in [6.07, 6.45) is 1.07. The number of hydrogen-bond donors (Lipinski definition) is 1. The Morgan fingerprint density at radius 1 is 1.75 bits per heavy atom. The van der Waals surface area contributed by atoms with E-state index < -0.39 is 0 Å². The van der Waals surface area contributed by atoms with E-state index in [1.165, 1.54) is 10.4 Å². The van der Waals surface area contributed by atoms with Crippen LogP contribution in [0.5, 0.6) is 0 Å². The number of rotatable bonds is 0. The van der Waals surface area contributed by atoms with Gasteiger partial charge in [0.05, 0.1) is 0 Å². The molecule has 3 heteroatoms. The summed E-state index contributed by atoms with van der Waals surface area (Å²) in [6.45, 7) is 3.10. The monoisotopic (exact) mass is 178 g/mol. The van der Waals surface area contributed by atoms with E-state index in [0.717, 1.165) is 17.8 Å². The largest absolute Gasteiger partial charge is 0.310 e. The first-order valence-electron chi connectivity index (χ1n) is 4.04. The standard InChI is InChI=1S/C9H10N2S/c1-6-2-9-7(5-11-6)3-8(4-10)12-9/h3,6,11H,2,5H2,1H3/t6-/m0/s1. The molecular weight excluding hydrogens is 168 g/mol. The van der Waals surface area contributed by atoms with Crippen molar-refractivity contribution in [2.45, 2.75) is 25.9 Å². The lowest BCUT2D eigenvalue weighted by Gasteiger charge is -2.19. The van der Waals surface area contributed by atoms with Crippen molar-refractivity contribution in [2.24, 2.45) is 0 Å². The second-order valence-corrected chi connectivity index (χ2v) is 4.29. The number of hydrogen-bond acceptors (Lipinski definition) is 3. The first-order chi connectivity index (χ1) is 5.79. The van der Waals surface area contributed by atoms with Crippen LogP contribution in [0.15, 0.2) is 6.07 Å². The molecule has 2 nitrogen and oxygen atoms in total. The minimum atomic E-state index is 0.558. The Hall–Kier alpha value is -0.850. The number of nitriles is 1. The molecule has 0 aromatic carbocycles. The van der Waals surface area contributed by atoms with Crippen molar-refractivity contribution in [2.75, 3.05) is 0 Å². The van der Waals surface area contributed by atoms with Crippen molar-refractivity contribution in [3.8, 4) is 6.07 Å². The molecule has 12 heavy (non-hydrogen) atoms. The van der Waals surface area contributed by atoms with Crippen LogP contribution in [0.1, 0.15) is 22.2 Å². The molecule has 0 saturated heterocycles. The third-order valence-electron chi connectivity index (χ3n) is 2.14. The molecule has 1 atom stereocenters. The fourth-order valence-electron chi connectivity index (χ4n) is 1.48. The van der Waals surface area contributed by atoms with Gasteiger partial charge in [-0.1, -0.05) is 0 Å². The lowest BCUT2D eigenvalue weighted by Crippen LogP contribution is -2.31. The zero-order valence-corrected chi connectivity index (χ0v) is 7.74. The molecule has 0 aliphatic carbocycles. The maximum Gasteiger partial charge on any atom is 0.110 e. The van der Waals surface area contributed by atoms with E-state index in [4.69, 9.17) is 5.26 Å². The van der Waals surface area contributed by atoms with Crippen molar-refractivity contribution in [1.29, 1.82) is 5.26 Å². The molecular formula is C9H10N2S. The van der Waals surface area contributed by atoms with E-state index in [9.17, 15) is 0 Å². The molecule has 1 N–H and O–H groups in total. The van der Waals surface area contributed by atoms with Crippen LogP contribution in [0.2, 0.25) is 0 Å². The van der Waals surface area contributed by atoms with Gasteiger partial charge in [-0.15, -0.1) is 11.3 Å². The van der Waals surface area contributed by atoms with E-state index in [2.05, 4.69) is 18.3 Å². The van der Waals surface area contributed by atoms with E-state index in [0.29, 0.717) is 6.04 Å². The highest BCUT2D eigenvalue weighted by molar-refractivity contribution is 7.12. The summed E-state index contributed by atoms with van der Waals surface area (Å²) >= 11 is 1.64. The van der Waals surface area contributed by atoms with Crippen LogP contribution in [0.3, 0.4) is 0 Å². The second kappa shape index (κ2) is 2.89. The number of nitrogens with zero attached hydrogens (tertiary/aromatic N) is 1. The quantitative estimate of drug-likeness (QED) is 0.655. The summed E-state index contributed by atoms with van der Waals surface area (Å²) in [6, 6.07) is 4.75. The van der Waals surface area contributed by atoms with Gasteiger partial charge >= 0.3 is 0 Å². The van der Waals surface area contributed by atoms with Gasteiger partial charge in [-0.3, -0.25) is 0 Å². The number of thiophene rings is 1. The molecule has 1 aromatic heterocycles. The first-order valence-corrected chi connectivity index (χ1v) is 4.86. The zero-order chi connectivity index (χ0) is 8.55. The van der Waals surface area contributed by atoms with Crippen molar-refractivity contribution >= 4 is 11.3 Å². The Kier molecular flexibility index (Phi) is 1.87. The van der Waals surface area contributed by atoms with Crippen molar-refractivity contribution in [3.63, 3.8) is 0 Å². The second-order valence-electron chi connectivity index (χ2n) is 3.16. The van der Waals surface area contributed by atoms with Crippen LogP contribution in [-0.2, 0) is 13.0 Å². The molecule has 1 aliphatic heterocycles. The molecule has 62 valence electrons. The molecule has 0 spiro atoms. The lowest BCUT2D eigenvalue weighted by molar-refractivity contribution is 0.520. The smallest absolute Gasteiger partial charge is 0.110 e. The summed E-state index contributed by atoms with van der Waals surface area (Å²) in [7, 11) is 0. The van der Waals surface area contributed by atoms with Gasteiger partial charge in [0.25, 0.3) is 0 Å². The lowest BCUT2D eigenvalue weighted by atomic mass is 10.1. The van der Waals surface area contributed by atoms with Crippen molar-refractivity contribution < 1.29 is 0 Å². The Morgan fingerprint density at radius 3 is 3.33 bits per heavy atom. The van der Waals surface area contributed by atoms with Gasteiger partial charge in [0.2, 0.25) is 0 Å². The third kappa shape index (κ3) is 1.24. The summed E-state index contributed by atoms with van der Waals surface area (Å²) < 4.78 is 0. The highest BCUT2D eigenvalue weighted by atomic mass is 32.1. The maximum absolute atomic E-state index is 8.69. The van der Waals surface area contributed by atoms with E-state index in [-0.39, 0.29) is 0 Å². The average molecular weight is 178 g/mol. The fraction of sp³-hybridized carbons (Fsp3) is 0.444. The van der Waals surface area contributed by atoms with E-state index in [1.807, 2.05) is 6.07 Å². The SMILES string of the molecule is C[C@H]1Cc2sc(C#N)cc2CN1. The van der Waals surface area contributed by atoms with Gasteiger partial charge in [0.15, 0.2) is 0 Å². The predicted molar refractivity (Wildman–Crippen MR) is 49.0 cm³/mol. The van der Waals surface area contributed by atoms with Crippen LogP contribution in [0.4, 0.5) is 0 Å². The molecule has 0 saturated carbocycles. The van der Waals surface area contributed by atoms with Crippen molar-refractivity contribution in [1.82, 2.24) is 5.32 Å². The molecule has 0 amide bonds. The summed E-state index contributed by atoms with van der Waals surface area (Å²) in [5.74, 6) is 0. The van der Waals surface area contributed by atoms with Crippen LogP contribution in [-0.4, -0.2) is 6.04 Å². The van der Waals surface area contributed by atoms with E-state index >= 15 is 0 Å². The van der Waals surface area contributed by atoms with Gasteiger partial charge in [0, 0.05) is 17.5 Å². The minimum Gasteiger partial charge on any atom is -0.310 e. The van der Waals surface area contributed by atoms with Crippen LogP contribution in [0.25, 0.3) is 0 Å². The molecule has 2 heterocycles. The normalized spacial score (nSPS) is 21.5. The van der Waals surface area contributed by atoms with Gasteiger partial charge in [-0.05, 0) is 25.0 Å². The van der Waals surface area contributed by atoms with Crippen molar-refractivity contribution in [3.05, 3.63) is 21.4 Å². The molecule has 2 rings (SSSR count). The number of fused-ring (bicyclic) bond motifs is 1. The van der Waals surface area contributed by atoms with Gasteiger partial charge in [-0.25, -0.2) is 0 Å². The maximum atomic E-state index is 8.69. The van der Waals surface area contributed by atoms with Crippen LogP contribution < -0.4 is 5.32 Å². The highest BCUT2D eigenvalue weighted by Crippen LogP contribution is 2.26. The average Bonchev–Trinajstić information content (AvgIpc) is 2.46. The Bertz CT molecular complexity index is 335.